The molecule has 1 aliphatic carbocycles. The Bertz CT molecular complexity index is 378. The van der Waals surface area contributed by atoms with E-state index in [1.54, 1.807) is 18.2 Å². The van der Waals surface area contributed by atoms with Crippen molar-refractivity contribution in [3.05, 3.63) is 23.8 Å². The summed E-state index contributed by atoms with van der Waals surface area (Å²) >= 11 is 0. The second-order valence-corrected chi connectivity index (χ2v) is 3.95. The van der Waals surface area contributed by atoms with Crippen LogP contribution in [0.1, 0.15) is 19.3 Å². The van der Waals surface area contributed by atoms with Crippen LogP contribution in [0.4, 0.5) is 0 Å². The van der Waals surface area contributed by atoms with Crippen molar-refractivity contribution in [2.45, 2.75) is 30.9 Å². The van der Waals surface area contributed by atoms with Crippen LogP contribution in [-0.2, 0) is 4.79 Å². The summed E-state index contributed by atoms with van der Waals surface area (Å²) in [6.07, 6.45) is 11.1. The number of hydrogen-bond acceptors (Lipinski definition) is 3. The summed E-state index contributed by atoms with van der Waals surface area (Å²) in [5.41, 5.74) is 5.23. The maximum atomic E-state index is 10.6. The van der Waals surface area contributed by atoms with E-state index in [0.717, 1.165) is 5.57 Å². The number of carboxylic acids is 1. The van der Waals surface area contributed by atoms with E-state index in [0.29, 0.717) is 6.42 Å². The molecule has 1 rings (SSSR count). The van der Waals surface area contributed by atoms with Crippen molar-refractivity contribution < 1.29 is 15.0 Å². The summed E-state index contributed by atoms with van der Waals surface area (Å²) in [5, 5.41) is 18.6. The normalized spacial score (nSPS) is 25.7. The maximum Gasteiger partial charge on any atom is 0.320 e. The van der Waals surface area contributed by atoms with Crippen molar-refractivity contribution in [1.29, 1.82) is 0 Å². The molecule has 0 aromatic heterocycles. The molecule has 16 heavy (non-hydrogen) atoms. The number of aliphatic hydroxyl groups is 1. The number of nitrogens with two attached hydrogens (primary N) is 1. The molecule has 4 nitrogen and oxygen atoms in total. The molecule has 0 saturated carbocycles. The molecule has 86 valence electrons. The minimum absolute atomic E-state index is 0.248. The van der Waals surface area contributed by atoms with E-state index >= 15 is 0 Å². The van der Waals surface area contributed by atoms with Crippen molar-refractivity contribution >= 4 is 5.97 Å². The van der Waals surface area contributed by atoms with Crippen LogP contribution >= 0.6 is 0 Å². The minimum Gasteiger partial charge on any atom is -0.480 e. The lowest BCUT2D eigenvalue weighted by Gasteiger charge is -2.24. The topological polar surface area (TPSA) is 83.5 Å². The first-order valence-corrected chi connectivity index (χ1v) is 4.99. The second-order valence-electron chi connectivity index (χ2n) is 3.95. The van der Waals surface area contributed by atoms with Gasteiger partial charge in [0.15, 0.2) is 0 Å². The Hall–Kier alpha value is -1.57. The number of hydrogen-bond donors (Lipinski definition) is 3. The number of terminal acetylenes is 1. The van der Waals surface area contributed by atoms with Gasteiger partial charge in [-0.25, -0.2) is 0 Å². The van der Waals surface area contributed by atoms with E-state index < -0.39 is 17.6 Å². The lowest BCUT2D eigenvalue weighted by atomic mass is 9.88. The number of rotatable bonds is 4. The molecular formula is C12H15NO3. The van der Waals surface area contributed by atoms with Crippen LogP contribution < -0.4 is 5.73 Å². The van der Waals surface area contributed by atoms with Gasteiger partial charge in [-0.1, -0.05) is 18.2 Å². The summed E-state index contributed by atoms with van der Waals surface area (Å²) in [7, 11) is 0. The molecule has 0 aromatic rings. The van der Waals surface area contributed by atoms with Crippen molar-refractivity contribution in [3.63, 3.8) is 0 Å². The largest absolute Gasteiger partial charge is 0.480 e. The quantitative estimate of drug-likeness (QED) is 0.601. The summed E-state index contributed by atoms with van der Waals surface area (Å²) in [4.78, 5) is 10.6. The molecule has 4 N–H and O–H groups in total. The van der Waals surface area contributed by atoms with Gasteiger partial charge in [0.05, 0.1) is 5.60 Å². The molecular weight excluding hydrogens is 206 g/mol. The fourth-order valence-corrected chi connectivity index (χ4v) is 1.51. The molecule has 0 amide bonds. The van der Waals surface area contributed by atoms with Gasteiger partial charge in [-0.3, -0.25) is 4.79 Å². The van der Waals surface area contributed by atoms with Gasteiger partial charge in [-0.15, -0.1) is 12.3 Å². The fraction of sp³-hybridized carbons (Fsp3) is 0.417. The SMILES string of the molecule is C#CCC1(O)C=CC(C[C@H](N)C(=O)O)=CC1. The van der Waals surface area contributed by atoms with Crippen LogP contribution in [0.2, 0.25) is 0 Å². The predicted octanol–water partition coefficient (Wildman–Crippen LogP) is 0.429. The zero-order valence-electron chi connectivity index (χ0n) is 8.89. The average Bonchev–Trinajstić information content (AvgIpc) is 2.22. The highest BCUT2D eigenvalue weighted by molar-refractivity contribution is 5.73. The summed E-state index contributed by atoms with van der Waals surface area (Å²) in [6, 6.07) is -0.908. The molecule has 0 radical (unpaired) electrons. The third-order valence-corrected chi connectivity index (χ3v) is 2.51. The van der Waals surface area contributed by atoms with Crippen LogP contribution in [0.25, 0.3) is 0 Å². The zero-order valence-corrected chi connectivity index (χ0v) is 8.89. The fourth-order valence-electron chi connectivity index (χ4n) is 1.51. The van der Waals surface area contributed by atoms with Gasteiger partial charge in [0.25, 0.3) is 0 Å². The highest BCUT2D eigenvalue weighted by Crippen LogP contribution is 2.25. The maximum absolute atomic E-state index is 10.6. The van der Waals surface area contributed by atoms with Crippen molar-refractivity contribution in [1.82, 2.24) is 0 Å². The van der Waals surface area contributed by atoms with Gasteiger partial charge in [0.2, 0.25) is 0 Å². The second kappa shape index (κ2) is 4.97. The smallest absolute Gasteiger partial charge is 0.320 e. The molecule has 0 aliphatic heterocycles. The van der Waals surface area contributed by atoms with Gasteiger partial charge in [-0.2, -0.15) is 0 Å². The molecule has 0 saturated heterocycles. The van der Waals surface area contributed by atoms with Gasteiger partial charge < -0.3 is 15.9 Å². The Kier molecular flexibility index (Phi) is 3.88. The molecule has 4 heteroatoms. The molecule has 1 aliphatic rings. The highest BCUT2D eigenvalue weighted by atomic mass is 16.4. The number of aliphatic carboxylic acids is 1. The van der Waals surface area contributed by atoms with E-state index in [2.05, 4.69) is 5.92 Å². The van der Waals surface area contributed by atoms with Crippen LogP contribution in [-0.4, -0.2) is 27.8 Å². The Morgan fingerprint density at radius 2 is 2.44 bits per heavy atom. The van der Waals surface area contributed by atoms with E-state index in [4.69, 9.17) is 17.3 Å². The lowest BCUT2D eigenvalue weighted by Crippen LogP contribution is -2.31. The summed E-state index contributed by atoms with van der Waals surface area (Å²) < 4.78 is 0. The molecule has 1 unspecified atom stereocenters. The summed E-state index contributed by atoms with van der Waals surface area (Å²) in [5.74, 6) is 1.37. The lowest BCUT2D eigenvalue weighted by molar-refractivity contribution is -0.138. The first-order chi connectivity index (χ1) is 7.47. The van der Waals surface area contributed by atoms with E-state index in [-0.39, 0.29) is 12.8 Å². The van der Waals surface area contributed by atoms with Crippen molar-refractivity contribution in [2.24, 2.45) is 5.73 Å². The molecule has 0 heterocycles. The van der Waals surface area contributed by atoms with Crippen LogP contribution in [0, 0.1) is 12.3 Å². The van der Waals surface area contributed by atoms with Gasteiger partial charge >= 0.3 is 5.97 Å². The average molecular weight is 221 g/mol. The number of allylic oxidation sites excluding steroid dienone is 1. The molecule has 0 spiro atoms. The van der Waals surface area contributed by atoms with Crippen molar-refractivity contribution in [3.8, 4) is 12.3 Å². The van der Waals surface area contributed by atoms with Gasteiger partial charge in [0, 0.05) is 6.42 Å². The third-order valence-electron chi connectivity index (χ3n) is 2.51. The summed E-state index contributed by atoms with van der Waals surface area (Å²) in [6.45, 7) is 0. The molecule has 0 aromatic carbocycles. The van der Waals surface area contributed by atoms with E-state index in [9.17, 15) is 9.90 Å². The van der Waals surface area contributed by atoms with E-state index in [1.165, 1.54) is 0 Å². The molecule has 0 bridgehead atoms. The molecule has 2 atom stereocenters. The van der Waals surface area contributed by atoms with Crippen LogP contribution in [0.5, 0.6) is 0 Å². The first kappa shape index (κ1) is 12.5. The van der Waals surface area contributed by atoms with Crippen LogP contribution in [0.3, 0.4) is 0 Å². The monoisotopic (exact) mass is 221 g/mol. The Morgan fingerprint density at radius 1 is 1.75 bits per heavy atom. The van der Waals surface area contributed by atoms with Gasteiger partial charge in [0.1, 0.15) is 6.04 Å². The minimum atomic E-state index is -1.03. The number of carbonyl (C=O) groups is 1. The Balaban J connectivity index is 2.58. The zero-order chi connectivity index (χ0) is 12.2. The Labute approximate surface area is 94.5 Å². The molecule has 0 fully saturated rings. The first-order valence-electron chi connectivity index (χ1n) is 4.99. The number of carboxylic acid groups (broad SMARTS) is 1. The highest BCUT2D eigenvalue weighted by Gasteiger charge is 2.24. The van der Waals surface area contributed by atoms with Crippen LogP contribution in [0.15, 0.2) is 23.8 Å². The van der Waals surface area contributed by atoms with Gasteiger partial charge in [-0.05, 0) is 18.4 Å². The third kappa shape index (κ3) is 3.23. The predicted molar refractivity (Wildman–Crippen MR) is 60.5 cm³/mol. The standard InChI is InChI=1S/C12H15NO3/c1-2-5-12(16)6-3-9(4-7-12)8-10(13)11(14)15/h1,3-4,6,10,16H,5,7-8,13H2,(H,14,15)/t10-,12?/m0/s1. The van der Waals surface area contributed by atoms with Crippen molar-refractivity contribution in [2.75, 3.05) is 0 Å². The Morgan fingerprint density at radius 3 is 2.88 bits per heavy atom. The van der Waals surface area contributed by atoms with E-state index in [1.807, 2.05) is 0 Å².